The van der Waals surface area contributed by atoms with Crippen LogP contribution in [-0.4, -0.2) is 24.9 Å². The standard InChI is InChI=1S/C13H15N3O2S2/c14-12-3-1-2-4-13(12)19-9-10-20(17,18)16-11-5-7-15-8-6-11/h1-8H,9-10,14H2,(H,15,16). The Hall–Kier alpha value is -1.73. The first-order chi connectivity index (χ1) is 9.57. The highest BCUT2D eigenvalue weighted by Gasteiger charge is 2.10. The molecular weight excluding hydrogens is 294 g/mol. The summed E-state index contributed by atoms with van der Waals surface area (Å²) in [5.41, 5.74) is 6.98. The van der Waals surface area contributed by atoms with Crippen LogP contribution < -0.4 is 10.5 Å². The Bertz CT molecular complexity index is 660. The molecule has 7 heteroatoms. The summed E-state index contributed by atoms with van der Waals surface area (Å²) < 4.78 is 26.3. The van der Waals surface area contributed by atoms with Crippen molar-refractivity contribution in [2.75, 3.05) is 22.0 Å². The van der Waals surface area contributed by atoms with Crippen LogP contribution in [0.2, 0.25) is 0 Å². The predicted molar refractivity (Wildman–Crippen MR) is 83.2 cm³/mol. The molecule has 0 saturated carbocycles. The van der Waals surface area contributed by atoms with Crippen molar-refractivity contribution in [3.63, 3.8) is 0 Å². The maximum absolute atomic E-state index is 11.9. The fourth-order valence-electron chi connectivity index (χ4n) is 1.52. The van der Waals surface area contributed by atoms with E-state index in [2.05, 4.69) is 9.71 Å². The van der Waals surface area contributed by atoms with E-state index in [9.17, 15) is 8.42 Å². The van der Waals surface area contributed by atoms with Crippen LogP contribution in [0.4, 0.5) is 11.4 Å². The van der Waals surface area contributed by atoms with Gasteiger partial charge in [-0.2, -0.15) is 0 Å². The lowest BCUT2D eigenvalue weighted by Crippen LogP contribution is -2.18. The van der Waals surface area contributed by atoms with E-state index in [0.717, 1.165) is 4.90 Å². The average molecular weight is 309 g/mol. The van der Waals surface area contributed by atoms with Gasteiger partial charge in [0.2, 0.25) is 10.0 Å². The molecule has 1 aromatic heterocycles. The fraction of sp³-hybridized carbons (Fsp3) is 0.154. The predicted octanol–water partition coefficient (Wildman–Crippen LogP) is 2.20. The molecule has 2 aromatic rings. The SMILES string of the molecule is Nc1ccccc1SCCS(=O)(=O)Nc1ccncc1. The molecule has 0 unspecified atom stereocenters. The Morgan fingerprint density at radius 2 is 1.85 bits per heavy atom. The number of sulfonamides is 1. The summed E-state index contributed by atoms with van der Waals surface area (Å²) in [6, 6.07) is 10.6. The molecule has 5 nitrogen and oxygen atoms in total. The van der Waals surface area contributed by atoms with Crippen LogP contribution in [0.5, 0.6) is 0 Å². The first kappa shape index (κ1) is 14.7. The van der Waals surface area contributed by atoms with Gasteiger partial charge >= 0.3 is 0 Å². The maximum Gasteiger partial charge on any atom is 0.233 e. The van der Waals surface area contributed by atoms with E-state index in [0.29, 0.717) is 17.1 Å². The maximum atomic E-state index is 11.9. The lowest BCUT2D eigenvalue weighted by Gasteiger charge is -2.08. The van der Waals surface area contributed by atoms with E-state index in [-0.39, 0.29) is 5.75 Å². The summed E-state index contributed by atoms with van der Waals surface area (Å²) in [5.74, 6) is 0.461. The van der Waals surface area contributed by atoms with Crippen molar-refractivity contribution in [1.82, 2.24) is 4.98 Å². The zero-order chi connectivity index (χ0) is 14.4. The molecule has 0 saturated heterocycles. The van der Waals surface area contributed by atoms with Gasteiger partial charge in [-0.15, -0.1) is 11.8 Å². The average Bonchev–Trinajstić information content (AvgIpc) is 2.41. The van der Waals surface area contributed by atoms with Gasteiger partial charge in [0.15, 0.2) is 0 Å². The molecule has 0 aliphatic rings. The molecule has 0 spiro atoms. The number of pyridine rings is 1. The zero-order valence-electron chi connectivity index (χ0n) is 10.7. The smallest absolute Gasteiger partial charge is 0.233 e. The number of nitrogen functional groups attached to an aromatic ring is 1. The number of aromatic nitrogens is 1. The second kappa shape index (κ2) is 6.62. The van der Waals surface area contributed by atoms with E-state index in [4.69, 9.17) is 5.73 Å². The van der Waals surface area contributed by atoms with Gasteiger partial charge in [0, 0.05) is 28.7 Å². The molecule has 0 fully saturated rings. The molecule has 2 rings (SSSR count). The highest BCUT2D eigenvalue weighted by Crippen LogP contribution is 2.24. The molecule has 0 amide bonds. The number of nitrogens with one attached hydrogen (secondary N) is 1. The van der Waals surface area contributed by atoms with E-state index in [1.54, 1.807) is 18.2 Å². The Kier molecular flexibility index (Phi) is 4.86. The van der Waals surface area contributed by atoms with Gasteiger partial charge in [-0.05, 0) is 24.3 Å². The van der Waals surface area contributed by atoms with Crippen LogP contribution in [-0.2, 0) is 10.0 Å². The number of benzene rings is 1. The van der Waals surface area contributed by atoms with E-state index >= 15 is 0 Å². The van der Waals surface area contributed by atoms with Crippen LogP contribution in [0.15, 0.2) is 53.7 Å². The fourth-order valence-corrected chi connectivity index (χ4v) is 3.96. The number of para-hydroxylation sites is 1. The first-order valence-electron chi connectivity index (χ1n) is 5.95. The summed E-state index contributed by atoms with van der Waals surface area (Å²) in [6.07, 6.45) is 3.08. The molecule has 0 aliphatic carbocycles. The van der Waals surface area contributed by atoms with Gasteiger partial charge in [-0.25, -0.2) is 8.42 Å². The van der Waals surface area contributed by atoms with Gasteiger partial charge in [-0.3, -0.25) is 9.71 Å². The minimum Gasteiger partial charge on any atom is -0.398 e. The molecule has 3 N–H and O–H groups in total. The van der Waals surface area contributed by atoms with Crippen LogP contribution in [0.3, 0.4) is 0 Å². The molecule has 0 aliphatic heterocycles. The normalized spacial score (nSPS) is 11.2. The third-order valence-electron chi connectivity index (χ3n) is 2.48. The largest absolute Gasteiger partial charge is 0.398 e. The molecule has 0 bridgehead atoms. The third-order valence-corrected chi connectivity index (χ3v) is 5.12. The second-order valence-corrected chi connectivity index (χ2v) is 7.02. The van der Waals surface area contributed by atoms with Crippen molar-refractivity contribution < 1.29 is 8.42 Å². The van der Waals surface area contributed by atoms with Crippen molar-refractivity contribution in [2.24, 2.45) is 0 Å². The molecular formula is C13H15N3O2S2. The Labute approximate surface area is 122 Å². The van der Waals surface area contributed by atoms with E-state index < -0.39 is 10.0 Å². The van der Waals surface area contributed by atoms with Gasteiger partial charge in [0.1, 0.15) is 0 Å². The third kappa shape index (κ3) is 4.43. The van der Waals surface area contributed by atoms with Gasteiger partial charge in [0.05, 0.1) is 11.4 Å². The summed E-state index contributed by atoms with van der Waals surface area (Å²) in [4.78, 5) is 4.73. The van der Waals surface area contributed by atoms with Crippen molar-refractivity contribution in [3.8, 4) is 0 Å². The molecule has 1 aromatic carbocycles. The number of hydrogen-bond acceptors (Lipinski definition) is 5. The highest BCUT2D eigenvalue weighted by molar-refractivity contribution is 8.01. The number of anilines is 2. The number of hydrogen-bond donors (Lipinski definition) is 2. The van der Waals surface area contributed by atoms with Crippen molar-refractivity contribution >= 4 is 33.2 Å². The highest BCUT2D eigenvalue weighted by atomic mass is 32.2. The number of nitrogens with two attached hydrogens (primary N) is 1. The Morgan fingerprint density at radius 1 is 1.15 bits per heavy atom. The van der Waals surface area contributed by atoms with Crippen LogP contribution in [0.25, 0.3) is 0 Å². The summed E-state index contributed by atoms with van der Waals surface area (Å²) >= 11 is 1.43. The van der Waals surface area contributed by atoms with E-state index in [1.165, 1.54) is 24.2 Å². The van der Waals surface area contributed by atoms with Gasteiger partial charge < -0.3 is 5.73 Å². The Morgan fingerprint density at radius 3 is 2.55 bits per heavy atom. The molecule has 0 radical (unpaired) electrons. The number of thioether (sulfide) groups is 1. The van der Waals surface area contributed by atoms with Crippen LogP contribution in [0, 0.1) is 0 Å². The van der Waals surface area contributed by atoms with Crippen molar-refractivity contribution in [2.45, 2.75) is 4.90 Å². The minimum absolute atomic E-state index is 0.0221. The molecule has 106 valence electrons. The van der Waals surface area contributed by atoms with Gasteiger partial charge in [0.25, 0.3) is 0 Å². The molecule has 0 atom stereocenters. The van der Waals surface area contributed by atoms with Crippen LogP contribution in [0.1, 0.15) is 0 Å². The lowest BCUT2D eigenvalue weighted by atomic mass is 10.3. The topological polar surface area (TPSA) is 85.1 Å². The van der Waals surface area contributed by atoms with Crippen molar-refractivity contribution in [1.29, 1.82) is 0 Å². The monoisotopic (exact) mass is 309 g/mol. The van der Waals surface area contributed by atoms with Crippen molar-refractivity contribution in [3.05, 3.63) is 48.8 Å². The zero-order valence-corrected chi connectivity index (χ0v) is 12.3. The minimum atomic E-state index is -3.36. The van der Waals surface area contributed by atoms with Crippen LogP contribution >= 0.6 is 11.8 Å². The molecule has 20 heavy (non-hydrogen) atoms. The molecule has 1 heterocycles. The number of nitrogens with zero attached hydrogens (tertiary/aromatic N) is 1. The first-order valence-corrected chi connectivity index (χ1v) is 8.58. The summed E-state index contributed by atoms with van der Waals surface area (Å²) in [5, 5.41) is 0. The lowest BCUT2D eigenvalue weighted by molar-refractivity contribution is 0.602. The summed E-state index contributed by atoms with van der Waals surface area (Å²) in [6.45, 7) is 0. The Balaban J connectivity index is 1.89. The second-order valence-electron chi connectivity index (χ2n) is 4.04. The quantitative estimate of drug-likeness (QED) is 0.631. The summed E-state index contributed by atoms with van der Waals surface area (Å²) in [7, 11) is -3.36. The van der Waals surface area contributed by atoms with E-state index in [1.807, 2.05) is 18.2 Å². The van der Waals surface area contributed by atoms with Gasteiger partial charge in [-0.1, -0.05) is 12.1 Å². The number of rotatable bonds is 6.